The lowest BCUT2D eigenvalue weighted by Gasteiger charge is -2.36. The first-order valence-electron chi connectivity index (χ1n) is 8.09. The first-order chi connectivity index (χ1) is 9.03. The van der Waals surface area contributed by atoms with Crippen LogP contribution in [0.2, 0.25) is 0 Å². The van der Waals surface area contributed by atoms with Gasteiger partial charge < -0.3 is 4.90 Å². The van der Waals surface area contributed by atoms with Crippen LogP contribution in [0, 0.1) is 11.3 Å². The van der Waals surface area contributed by atoms with Crippen LogP contribution in [0.3, 0.4) is 0 Å². The third-order valence-corrected chi connectivity index (χ3v) is 5.25. The minimum absolute atomic E-state index is 0.0442. The molecule has 3 heteroatoms. The number of hydrogen-bond donors (Lipinski definition) is 1. The standard InChI is InChI=1S/C16H30N2O/c1-5-13-15(19)18(14(17-13)12(3)4)11-16(6-2)9-7-8-10-16/h12-14,17H,5-11H2,1-4H3. The third-order valence-electron chi connectivity index (χ3n) is 5.25. The summed E-state index contributed by atoms with van der Waals surface area (Å²) < 4.78 is 0. The minimum Gasteiger partial charge on any atom is -0.325 e. The summed E-state index contributed by atoms with van der Waals surface area (Å²) in [5, 5.41) is 3.53. The molecule has 1 heterocycles. The number of amides is 1. The molecule has 1 aliphatic carbocycles. The van der Waals surface area contributed by atoms with Crippen LogP contribution in [-0.4, -0.2) is 29.6 Å². The summed E-state index contributed by atoms with van der Waals surface area (Å²) in [5.41, 5.74) is 0.396. The van der Waals surface area contributed by atoms with Gasteiger partial charge in [-0.1, -0.05) is 40.5 Å². The van der Waals surface area contributed by atoms with Crippen LogP contribution < -0.4 is 5.32 Å². The molecule has 0 radical (unpaired) electrons. The Balaban J connectivity index is 2.13. The van der Waals surface area contributed by atoms with Crippen molar-refractivity contribution in [1.82, 2.24) is 10.2 Å². The van der Waals surface area contributed by atoms with Gasteiger partial charge in [0.25, 0.3) is 0 Å². The van der Waals surface area contributed by atoms with Crippen molar-refractivity contribution in [2.24, 2.45) is 11.3 Å². The van der Waals surface area contributed by atoms with Crippen molar-refractivity contribution in [3.8, 4) is 0 Å². The van der Waals surface area contributed by atoms with Crippen LogP contribution >= 0.6 is 0 Å². The van der Waals surface area contributed by atoms with Gasteiger partial charge in [0.05, 0.1) is 12.2 Å². The summed E-state index contributed by atoms with van der Waals surface area (Å²) in [4.78, 5) is 14.7. The molecule has 0 aromatic rings. The molecule has 0 spiro atoms. The average Bonchev–Trinajstić information content (AvgIpc) is 2.97. The maximum Gasteiger partial charge on any atom is 0.241 e. The molecule has 1 saturated heterocycles. The van der Waals surface area contributed by atoms with E-state index in [-0.39, 0.29) is 12.2 Å². The lowest BCUT2D eigenvalue weighted by atomic mass is 9.82. The molecule has 1 aliphatic heterocycles. The van der Waals surface area contributed by atoms with Crippen LogP contribution in [0.15, 0.2) is 0 Å². The Kier molecular flexibility index (Phi) is 4.54. The number of carbonyl (C=O) groups excluding carboxylic acids is 1. The molecule has 19 heavy (non-hydrogen) atoms. The van der Waals surface area contributed by atoms with E-state index in [0.29, 0.717) is 17.2 Å². The van der Waals surface area contributed by atoms with E-state index < -0.39 is 0 Å². The second-order valence-electron chi connectivity index (χ2n) is 6.84. The first-order valence-corrected chi connectivity index (χ1v) is 8.09. The molecular formula is C16H30N2O. The summed E-state index contributed by atoms with van der Waals surface area (Å²) in [6.07, 6.45) is 7.63. The topological polar surface area (TPSA) is 32.3 Å². The van der Waals surface area contributed by atoms with E-state index in [1.807, 2.05) is 0 Å². The number of nitrogens with one attached hydrogen (secondary N) is 1. The Morgan fingerprint density at radius 1 is 1.32 bits per heavy atom. The fourth-order valence-electron chi connectivity index (χ4n) is 3.84. The van der Waals surface area contributed by atoms with Gasteiger partial charge in [0, 0.05) is 6.54 Å². The zero-order chi connectivity index (χ0) is 14.0. The highest BCUT2D eigenvalue weighted by Crippen LogP contribution is 2.42. The van der Waals surface area contributed by atoms with Crippen LogP contribution in [0.5, 0.6) is 0 Å². The minimum atomic E-state index is 0.0442. The maximum absolute atomic E-state index is 12.6. The molecule has 1 saturated carbocycles. The van der Waals surface area contributed by atoms with Crippen molar-refractivity contribution < 1.29 is 4.79 Å². The number of rotatable bonds is 5. The predicted octanol–water partition coefficient (Wildman–Crippen LogP) is 3.15. The smallest absolute Gasteiger partial charge is 0.241 e. The lowest BCUT2D eigenvalue weighted by molar-refractivity contribution is -0.132. The average molecular weight is 266 g/mol. The monoisotopic (exact) mass is 266 g/mol. The summed E-state index contributed by atoms with van der Waals surface area (Å²) in [7, 11) is 0. The van der Waals surface area contributed by atoms with Crippen LogP contribution in [0.25, 0.3) is 0 Å². The Morgan fingerprint density at radius 2 is 1.95 bits per heavy atom. The quantitative estimate of drug-likeness (QED) is 0.829. The van der Waals surface area contributed by atoms with Gasteiger partial charge in [-0.3, -0.25) is 10.1 Å². The molecule has 1 amide bonds. The molecule has 2 fully saturated rings. The highest BCUT2D eigenvalue weighted by molar-refractivity contribution is 5.84. The largest absolute Gasteiger partial charge is 0.325 e. The highest BCUT2D eigenvalue weighted by atomic mass is 16.2. The Hall–Kier alpha value is -0.570. The Labute approximate surface area is 118 Å². The summed E-state index contributed by atoms with van der Waals surface area (Å²) >= 11 is 0. The van der Waals surface area contributed by atoms with E-state index in [0.717, 1.165) is 13.0 Å². The van der Waals surface area contributed by atoms with Crippen LogP contribution in [0.4, 0.5) is 0 Å². The SMILES string of the molecule is CCC1NC(C(C)C)N(CC2(CC)CCCC2)C1=O. The van der Waals surface area contributed by atoms with Crippen molar-refractivity contribution in [3.05, 3.63) is 0 Å². The molecule has 3 nitrogen and oxygen atoms in total. The molecule has 2 aliphatic rings. The third kappa shape index (κ3) is 2.81. The number of hydrogen-bond acceptors (Lipinski definition) is 2. The van der Waals surface area contributed by atoms with Crippen molar-refractivity contribution in [2.75, 3.05) is 6.54 Å². The fraction of sp³-hybridized carbons (Fsp3) is 0.938. The first kappa shape index (κ1) is 14.8. The molecular weight excluding hydrogens is 236 g/mol. The van der Waals surface area contributed by atoms with Gasteiger partial charge in [-0.2, -0.15) is 0 Å². The highest BCUT2D eigenvalue weighted by Gasteiger charge is 2.44. The molecule has 0 aromatic heterocycles. The van der Waals surface area contributed by atoms with Gasteiger partial charge in [-0.15, -0.1) is 0 Å². The van der Waals surface area contributed by atoms with E-state index in [1.54, 1.807) is 0 Å². The second-order valence-corrected chi connectivity index (χ2v) is 6.84. The van der Waals surface area contributed by atoms with E-state index >= 15 is 0 Å². The summed E-state index contributed by atoms with van der Waals surface area (Å²) in [6.45, 7) is 9.78. The van der Waals surface area contributed by atoms with Gasteiger partial charge in [-0.05, 0) is 37.0 Å². The second kappa shape index (κ2) is 5.82. The number of nitrogens with zero attached hydrogens (tertiary/aromatic N) is 1. The van der Waals surface area contributed by atoms with Crippen molar-refractivity contribution >= 4 is 5.91 Å². The van der Waals surface area contributed by atoms with Gasteiger partial charge in [-0.25, -0.2) is 0 Å². The molecule has 0 aromatic carbocycles. The van der Waals surface area contributed by atoms with E-state index in [2.05, 4.69) is 37.9 Å². The van der Waals surface area contributed by atoms with E-state index in [9.17, 15) is 4.79 Å². The number of carbonyl (C=O) groups is 1. The molecule has 2 atom stereocenters. The summed E-state index contributed by atoms with van der Waals surface area (Å²) in [5.74, 6) is 0.816. The molecule has 110 valence electrons. The van der Waals surface area contributed by atoms with E-state index in [4.69, 9.17) is 0 Å². The zero-order valence-electron chi connectivity index (χ0n) is 13.0. The molecule has 2 rings (SSSR count). The van der Waals surface area contributed by atoms with Crippen molar-refractivity contribution in [2.45, 2.75) is 78.4 Å². The Morgan fingerprint density at radius 3 is 2.42 bits per heavy atom. The summed E-state index contributed by atoms with van der Waals surface area (Å²) in [6, 6.07) is 0.0442. The normalized spacial score (nSPS) is 30.6. The van der Waals surface area contributed by atoms with E-state index in [1.165, 1.54) is 32.1 Å². The van der Waals surface area contributed by atoms with Gasteiger partial charge in [0.1, 0.15) is 0 Å². The predicted molar refractivity (Wildman–Crippen MR) is 78.7 cm³/mol. The van der Waals surface area contributed by atoms with Crippen molar-refractivity contribution in [1.29, 1.82) is 0 Å². The van der Waals surface area contributed by atoms with Gasteiger partial charge >= 0.3 is 0 Å². The Bertz CT molecular complexity index is 321. The van der Waals surface area contributed by atoms with Gasteiger partial charge in [0.15, 0.2) is 0 Å². The lowest BCUT2D eigenvalue weighted by Crippen LogP contribution is -2.46. The van der Waals surface area contributed by atoms with Crippen molar-refractivity contribution in [3.63, 3.8) is 0 Å². The zero-order valence-corrected chi connectivity index (χ0v) is 13.0. The molecule has 1 N–H and O–H groups in total. The molecule has 0 bridgehead atoms. The molecule has 2 unspecified atom stereocenters. The van der Waals surface area contributed by atoms with Crippen LogP contribution in [-0.2, 0) is 4.79 Å². The van der Waals surface area contributed by atoms with Crippen LogP contribution in [0.1, 0.15) is 66.2 Å². The fourth-order valence-corrected chi connectivity index (χ4v) is 3.84. The van der Waals surface area contributed by atoms with Gasteiger partial charge in [0.2, 0.25) is 5.91 Å². The maximum atomic E-state index is 12.6.